The second-order valence-electron chi connectivity index (χ2n) is 4.77. The molecule has 0 saturated heterocycles. The van der Waals surface area contributed by atoms with Crippen molar-refractivity contribution in [3.8, 4) is 0 Å². The first-order valence-electron chi connectivity index (χ1n) is 6.89. The fourth-order valence-electron chi connectivity index (χ4n) is 2.09. The first-order chi connectivity index (χ1) is 10.3. The predicted molar refractivity (Wildman–Crippen MR) is 86.0 cm³/mol. The van der Waals surface area contributed by atoms with Crippen LogP contribution >= 0.6 is 11.3 Å². The third-order valence-electron chi connectivity index (χ3n) is 3.19. The van der Waals surface area contributed by atoms with Crippen molar-refractivity contribution in [1.29, 1.82) is 0 Å². The third kappa shape index (κ3) is 2.95. The highest BCUT2D eigenvalue weighted by Crippen LogP contribution is 2.16. The average Bonchev–Trinajstić information content (AvgIpc) is 2.99. The summed E-state index contributed by atoms with van der Waals surface area (Å²) in [5.41, 5.74) is 0.789. The van der Waals surface area contributed by atoms with Crippen LogP contribution in [0.25, 0.3) is 10.1 Å². The highest BCUT2D eigenvalue weighted by Gasteiger charge is 2.05. The monoisotopic (exact) mass is 300 g/mol. The number of hydrogen-bond acceptors (Lipinski definition) is 5. The molecule has 108 valence electrons. The number of aromatic nitrogens is 3. The van der Waals surface area contributed by atoms with Crippen molar-refractivity contribution in [3.05, 3.63) is 52.2 Å². The maximum atomic E-state index is 12.3. The Balaban J connectivity index is 1.81. The predicted octanol–water partition coefficient (Wildman–Crippen LogP) is 2.72. The molecule has 0 amide bonds. The summed E-state index contributed by atoms with van der Waals surface area (Å²) in [6, 6.07) is 3.83. The van der Waals surface area contributed by atoms with Gasteiger partial charge in [0.2, 0.25) is 0 Å². The molecule has 0 atom stereocenters. The maximum absolute atomic E-state index is 12.3. The molecular weight excluding hydrogens is 284 g/mol. The Bertz CT molecular complexity index is 791. The molecular formula is C15H16N4OS. The smallest absolute Gasteiger partial charge is 0.259 e. The molecule has 3 rings (SSSR count). The van der Waals surface area contributed by atoms with Crippen LogP contribution in [-0.4, -0.2) is 21.1 Å². The zero-order valence-corrected chi connectivity index (χ0v) is 12.6. The summed E-state index contributed by atoms with van der Waals surface area (Å²) in [5, 5.41) is 5.87. The van der Waals surface area contributed by atoms with E-state index in [4.69, 9.17) is 0 Å². The SMILES string of the molecule is CCCNc1cnc(Cn2ccc3sccc3c2=O)cn1. The minimum Gasteiger partial charge on any atom is -0.369 e. The third-order valence-corrected chi connectivity index (χ3v) is 4.07. The molecule has 21 heavy (non-hydrogen) atoms. The molecule has 5 nitrogen and oxygen atoms in total. The van der Waals surface area contributed by atoms with Gasteiger partial charge in [-0.05, 0) is 23.9 Å². The molecule has 0 aliphatic heterocycles. The van der Waals surface area contributed by atoms with Crippen LogP contribution in [0.15, 0.2) is 40.9 Å². The second-order valence-corrected chi connectivity index (χ2v) is 5.71. The molecule has 0 saturated carbocycles. The molecule has 0 unspecified atom stereocenters. The lowest BCUT2D eigenvalue weighted by molar-refractivity contribution is 0.742. The van der Waals surface area contributed by atoms with Crippen molar-refractivity contribution in [1.82, 2.24) is 14.5 Å². The highest BCUT2D eigenvalue weighted by molar-refractivity contribution is 7.17. The zero-order valence-electron chi connectivity index (χ0n) is 11.7. The summed E-state index contributed by atoms with van der Waals surface area (Å²) in [4.78, 5) is 21.0. The van der Waals surface area contributed by atoms with Gasteiger partial charge >= 0.3 is 0 Å². The number of rotatable bonds is 5. The molecule has 3 aromatic heterocycles. The lowest BCUT2D eigenvalue weighted by Gasteiger charge is -2.07. The van der Waals surface area contributed by atoms with Crippen LogP contribution in [0.1, 0.15) is 19.0 Å². The number of nitrogens with one attached hydrogen (secondary N) is 1. The fraction of sp³-hybridized carbons (Fsp3) is 0.267. The molecule has 0 fully saturated rings. The standard InChI is InChI=1S/C15H16N4OS/c1-2-5-16-14-9-17-11(8-18-14)10-19-6-3-13-12(15(19)20)4-7-21-13/h3-4,6-9H,2,5,10H2,1H3,(H,16,18). The quantitative estimate of drug-likeness (QED) is 0.787. The van der Waals surface area contributed by atoms with E-state index in [2.05, 4.69) is 22.2 Å². The largest absolute Gasteiger partial charge is 0.369 e. The molecule has 3 aromatic rings. The van der Waals surface area contributed by atoms with Gasteiger partial charge in [0.15, 0.2) is 0 Å². The van der Waals surface area contributed by atoms with E-state index >= 15 is 0 Å². The highest BCUT2D eigenvalue weighted by atomic mass is 32.1. The topological polar surface area (TPSA) is 59.8 Å². The average molecular weight is 300 g/mol. The van der Waals surface area contributed by atoms with E-state index in [1.807, 2.05) is 23.7 Å². The second kappa shape index (κ2) is 6.05. The number of fused-ring (bicyclic) bond motifs is 1. The molecule has 6 heteroatoms. The van der Waals surface area contributed by atoms with Crippen molar-refractivity contribution in [2.45, 2.75) is 19.9 Å². The van der Waals surface area contributed by atoms with Crippen LogP contribution in [0.3, 0.4) is 0 Å². The van der Waals surface area contributed by atoms with Gasteiger partial charge < -0.3 is 9.88 Å². The molecule has 0 aliphatic rings. The van der Waals surface area contributed by atoms with E-state index in [1.165, 1.54) is 0 Å². The van der Waals surface area contributed by atoms with Crippen molar-refractivity contribution in [2.24, 2.45) is 0 Å². The lowest BCUT2D eigenvalue weighted by atomic mass is 10.3. The molecule has 0 aliphatic carbocycles. The van der Waals surface area contributed by atoms with Gasteiger partial charge in [-0.15, -0.1) is 11.3 Å². The van der Waals surface area contributed by atoms with E-state index in [9.17, 15) is 4.79 Å². The molecule has 1 N–H and O–H groups in total. The summed E-state index contributed by atoms with van der Waals surface area (Å²) < 4.78 is 2.68. The van der Waals surface area contributed by atoms with E-state index in [0.29, 0.717) is 6.54 Å². The Hall–Kier alpha value is -2.21. The summed E-state index contributed by atoms with van der Waals surface area (Å²) in [5.74, 6) is 0.765. The normalized spacial score (nSPS) is 10.9. The van der Waals surface area contributed by atoms with Crippen molar-refractivity contribution >= 4 is 27.2 Å². The van der Waals surface area contributed by atoms with E-state index in [1.54, 1.807) is 28.3 Å². The number of hydrogen-bond donors (Lipinski definition) is 1. The number of anilines is 1. The van der Waals surface area contributed by atoms with E-state index < -0.39 is 0 Å². The fourth-order valence-corrected chi connectivity index (χ4v) is 2.86. The van der Waals surface area contributed by atoms with Gasteiger partial charge in [0, 0.05) is 17.4 Å². The van der Waals surface area contributed by atoms with Crippen LogP contribution in [0, 0.1) is 0 Å². The number of nitrogens with zero attached hydrogens (tertiary/aromatic N) is 3. The number of pyridine rings is 1. The lowest BCUT2D eigenvalue weighted by Crippen LogP contribution is -2.20. The Morgan fingerprint density at radius 2 is 2.19 bits per heavy atom. The molecule has 0 aromatic carbocycles. The Morgan fingerprint density at radius 3 is 2.95 bits per heavy atom. The first-order valence-corrected chi connectivity index (χ1v) is 7.77. The Labute approximate surface area is 126 Å². The summed E-state index contributed by atoms with van der Waals surface area (Å²) in [6.45, 7) is 3.41. The number of thiophene rings is 1. The summed E-state index contributed by atoms with van der Waals surface area (Å²) in [7, 11) is 0. The Kier molecular flexibility index (Phi) is 3.96. The van der Waals surface area contributed by atoms with Gasteiger partial charge in [0.25, 0.3) is 5.56 Å². The van der Waals surface area contributed by atoms with Crippen molar-refractivity contribution < 1.29 is 0 Å². The van der Waals surface area contributed by atoms with Crippen molar-refractivity contribution in [3.63, 3.8) is 0 Å². The van der Waals surface area contributed by atoms with Gasteiger partial charge in [-0.1, -0.05) is 6.92 Å². The van der Waals surface area contributed by atoms with Gasteiger partial charge in [-0.2, -0.15) is 0 Å². The summed E-state index contributed by atoms with van der Waals surface area (Å²) in [6.07, 6.45) is 6.27. The molecule has 0 radical (unpaired) electrons. The molecule has 0 spiro atoms. The molecule has 3 heterocycles. The van der Waals surface area contributed by atoms with Crippen LogP contribution in [0.4, 0.5) is 5.82 Å². The van der Waals surface area contributed by atoms with Crippen LogP contribution in [-0.2, 0) is 6.54 Å². The van der Waals surface area contributed by atoms with Crippen LogP contribution in [0.2, 0.25) is 0 Å². The van der Waals surface area contributed by atoms with Gasteiger partial charge in [0.1, 0.15) is 5.82 Å². The summed E-state index contributed by atoms with van der Waals surface area (Å²) >= 11 is 1.58. The zero-order chi connectivity index (χ0) is 14.7. The maximum Gasteiger partial charge on any atom is 0.259 e. The van der Waals surface area contributed by atoms with Crippen LogP contribution in [0.5, 0.6) is 0 Å². The van der Waals surface area contributed by atoms with Crippen molar-refractivity contribution in [2.75, 3.05) is 11.9 Å². The minimum atomic E-state index is 0.0173. The van der Waals surface area contributed by atoms with E-state index in [-0.39, 0.29) is 5.56 Å². The van der Waals surface area contributed by atoms with E-state index in [0.717, 1.165) is 34.6 Å². The van der Waals surface area contributed by atoms with Gasteiger partial charge in [-0.25, -0.2) is 4.98 Å². The van der Waals surface area contributed by atoms with Crippen LogP contribution < -0.4 is 10.9 Å². The minimum absolute atomic E-state index is 0.0173. The Morgan fingerprint density at radius 1 is 1.29 bits per heavy atom. The first kappa shape index (κ1) is 13.8. The van der Waals surface area contributed by atoms with Gasteiger partial charge in [0.05, 0.1) is 30.0 Å². The van der Waals surface area contributed by atoms with Gasteiger partial charge in [-0.3, -0.25) is 9.78 Å². The molecule has 0 bridgehead atoms.